The van der Waals surface area contributed by atoms with Crippen molar-refractivity contribution in [3.8, 4) is 11.5 Å². The van der Waals surface area contributed by atoms with E-state index >= 15 is 0 Å². The summed E-state index contributed by atoms with van der Waals surface area (Å²) in [6.45, 7) is 2.01. The third kappa shape index (κ3) is 3.71. The molecule has 0 radical (unpaired) electrons. The highest BCUT2D eigenvalue weighted by Gasteiger charge is 2.12. The van der Waals surface area contributed by atoms with Crippen molar-refractivity contribution in [3.63, 3.8) is 0 Å². The van der Waals surface area contributed by atoms with Crippen molar-refractivity contribution in [2.75, 3.05) is 0 Å². The van der Waals surface area contributed by atoms with E-state index in [-0.39, 0.29) is 17.5 Å². The van der Waals surface area contributed by atoms with E-state index in [1.54, 1.807) is 12.1 Å². The Bertz CT molecular complexity index is 644. The Morgan fingerprint density at radius 2 is 1.95 bits per heavy atom. The minimum absolute atomic E-state index is 0.0135. The van der Waals surface area contributed by atoms with E-state index in [9.17, 15) is 10.1 Å². The molecule has 0 spiro atoms. The molecule has 0 saturated carbocycles. The van der Waals surface area contributed by atoms with Crippen LogP contribution in [0, 0.1) is 10.1 Å². The Kier molecular flexibility index (Phi) is 4.77. The maximum atomic E-state index is 10.8. The topological polar surface area (TPSA) is 78.4 Å². The van der Waals surface area contributed by atoms with Crippen molar-refractivity contribution in [1.82, 2.24) is 0 Å². The van der Waals surface area contributed by atoms with E-state index in [1.807, 2.05) is 19.1 Å². The minimum Gasteiger partial charge on any atom is -0.456 e. The fourth-order valence-electron chi connectivity index (χ4n) is 1.83. The van der Waals surface area contributed by atoms with Crippen molar-refractivity contribution < 1.29 is 9.66 Å². The number of rotatable bonds is 5. The SMILES string of the molecule is CC[C@@H](N)c1ccc(Oc2cc([N+](=O)[O-])ccc2Cl)cc1. The normalized spacial score (nSPS) is 12.0. The van der Waals surface area contributed by atoms with Crippen molar-refractivity contribution >= 4 is 17.3 Å². The lowest BCUT2D eigenvalue weighted by molar-refractivity contribution is -0.384. The van der Waals surface area contributed by atoms with E-state index in [0.717, 1.165) is 12.0 Å². The summed E-state index contributed by atoms with van der Waals surface area (Å²) in [5, 5.41) is 11.1. The summed E-state index contributed by atoms with van der Waals surface area (Å²) in [6, 6.07) is 11.3. The molecule has 6 heteroatoms. The molecule has 0 unspecified atom stereocenters. The minimum atomic E-state index is -0.493. The Hall–Kier alpha value is -2.11. The third-order valence-electron chi connectivity index (χ3n) is 3.10. The van der Waals surface area contributed by atoms with Gasteiger partial charge < -0.3 is 10.5 Å². The van der Waals surface area contributed by atoms with Crippen LogP contribution in [-0.2, 0) is 0 Å². The summed E-state index contributed by atoms with van der Waals surface area (Å²) < 4.78 is 5.59. The lowest BCUT2D eigenvalue weighted by Crippen LogP contribution is -2.08. The van der Waals surface area contributed by atoms with Crippen LogP contribution >= 0.6 is 11.6 Å². The average molecular weight is 307 g/mol. The van der Waals surface area contributed by atoms with E-state index in [0.29, 0.717) is 10.8 Å². The monoisotopic (exact) mass is 306 g/mol. The van der Waals surface area contributed by atoms with Gasteiger partial charge in [0, 0.05) is 12.1 Å². The average Bonchev–Trinajstić information content (AvgIpc) is 2.49. The fraction of sp³-hybridized carbons (Fsp3) is 0.200. The molecule has 0 aliphatic carbocycles. The molecule has 0 bridgehead atoms. The fourth-order valence-corrected chi connectivity index (χ4v) is 1.99. The first-order valence-corrected chi connectivity index (χ1v) is 6.86. The summed E-state index contributed by atoms with van der Waals surface area (Å²) in [6.07, 6.45) is 0.844. The molecule has 2 aromatic rings. The first-order chi connectivity index (χ1) is 10.0. The van der Waals surface area contributed by atoms with E-state index in [1.165, 1.54) is 18.2 Å². The van der Waals surface area contributed by atoms with Gasteiger partial charge in [0.25, 0.3) is 5.69 Å². The number of halogens is 1. The predicted octanol–water partition coefficient (Wildman–Crippen LogP) is 4.45. The molecule has 2 N–H and O–H groups in total. The molecule has 2 rings (SSSR count). The molecule has 0 heterocycles. The number of nitrogens with two attached hydrogens (primary N) is 1. The summed E-state index contributed by atoms with van der Waals surface area (Å²) in [5.41, 5.74) is 6.88. The smallest absolute Gasteiger partial charge is 0.273 e. The van der Waals surface area contributed by atoms with Gasteiger partial charge in [0.2, 0.25) is 0 Å². The zero-order valence-electron chi connectivity index (χ0n) is 11.5. The molecule has 0 aliphatic heterocycles. The van der Waals surface area contributed by atoms with Gasteiger partial charge in [-0.05, 0) is 30.2 Å². The van der Waals surface area contributed by atoms with Crippen LogP contribution in [-0.4, -0.2) is 4.92 Å². The second-order valence-corrected chi connectivity index (χ2v) is 4.96. The molecule has 0 fully saturated rings. The predicted molar refractivity (Wildman–Crippen MR) is 81.8 cm³/mol. The molecule has 0 amide bonds. The summed E-state index contributed by atoms with van der Waals surface area (Å²) >= 11 is 5.99. The lowest BCUT2D eigenvalue weighted by atomic mass is 10.1. The molecule has 0 aromatic heterocycles. The van der Waals surface area contributed by atoms with Crippen LogP contribution in [0.25, 0.3) is 0 Å². The molecule has 1 atom stereocenters. The molecule has 0 saturated heterocycles. The van der Waals surface area contributed by atoms with Crippen molar-refractivity contribution in [1.29, 1.82) is 0 Å². The highest BCUT2D eigenvalue weighted by Crippen LogP contribution is 2.33. The quantitative estimate of drug-likeness (QED) is 0.654. The molecular formula is C15H15ClN2O3. The molecule has 2 aromatic carbocycles. The summed E-state index contributed by atoms with van der Waals surface area (Å²) in [5.74, 6) is 0.794. The van der Waals surface area contributed by atoms with Crippen LogP contribution in [0.2, 0.25) is 5.02 Å². The largest absolute Gasteiger partial charge is 0.456 e. The van der Waals surface area contributed by atoms with Gasteiger partial charge in [0.1, 0.15) is 5.75 Å². The van der Waals surface area contributed by atoms with Crippen LogP contribution in [0.1, 0.15) is 24.9 Å². The zero-order valence-corrected chi connectivity index (χ0v) is 12.2. The molecule has 21 heavy (non-hydrogen) atoms. The van der Waals surface area contributed by atoms with Gasteiger partial charge in [0.05, 0.1) is 16.0 Å². The second kappa shape index (κ2) is 6.56. The van der Waals surface area contributed by atoms with Crippen molar-refractivity contribution in [2.45, 2.75) is 19.4 Å². The number of hydrogen-bond acceptors (Lipinski definition) is 4. The van der Waals surface area contributed by atoms with Crippen LogP contribution in [0.15, 0.2) is 42.5 Å². The maximum Gasteiger partial charge on any atom is 0.273 e. The summed E-state index contributed by atoms with van der Waals surface area (Å²) in [7, 11) is 0. The molecular weight excluding hydrogens is 292 g/mol. The number of ether oxygens (including phenoxy) is 1. The molecule has 0 aliphatic rings. The zero-order chi connectivity index (χ0) is 15.4. The van der Waals surface area contributed by atoms with Gasteiger partial charge in [-0.25, -0.2) is 0 Å². The van der Waals surface area contributed by atoms with Crippen LogP contribution in [0.5, 0.6) is 11.5 Å². The van der Waals surface area contributed by atoms with E-state index in [4.69, 9.17) is 22.1 Å². The van der Waals surface area contributed by atoms with E-state index < -0.39 is 4.92 Å². The van der Waals surface area contributed by atoms with Crippen LogP contribution in [0.4, 0.5) is 5.69 Å². The Labute approximate surface area is 127 Å². The lowest BCUT2D eigenvalue weighted by Gasteiger charge is -2.11. The Morgan fingerprint density at radius 3 is 2.52 bits per heavy atom. The highest BCUT2D eigenvalue weighted by molar-refractivity contribution is 6.32. The second-order valence-electron chi connectivity index (χ2n) is 4.56. The Morgan fingerprint density at radius 1 is 1.29 bits per heavy atom. The van der Waals surface area contributed by atoms with Gasteiger partial charge in [-0.15, -0.1) is 0 Å². The van der Waals surface area contributed by atoms with E-state index in [2.05, 4.69) is 0 Å². The number of hydrogen-bond donors (Lipinski definition) is 1. The number of non-ortho nitro benzene ring substituents is 1. The van der Waals surface area contributed by atoms with Gasteiger partial charge in [-0.1, -0.05) is 30.7 Å². The van der Waals surface area contributed by atoms with Crippen LogP contribution < -0.4 is 10.5 Å². The molecule has 5 nitrogen and oxygen atoms in total. The van der Waals surface area contributed by atoms with Gasteiger partial charge in [-0.2, -0.15) is 0 Å². The van der Waals surface area contributed by atoms with Gasteiger partial charge >= 0.3 is 0 Å². The first-order valence-electron chi connectivity index (χ1n) is 6.48. The van der Waals surface area contributed by atoms with Gasteiger partial charge in [0.15, 0.2) is 5.75 Å². The maximum absolute atomic E-state index is 10.8. The van der Waals surface area contributed by atoms with Crippen LogP contribution in [0.3, 0.4) is 0 Å². The number of nitro groups is 1. The standard InChI is InChI=1S/C15H15ClN2O3/c1-2-14(17)10-3-6-12(7-4-10)21-15-9-11(18(19)20)5-8-13(15)16/h3-9,14H,2,17H2,1H3/t14-/m1/s1. The number of benzene rings is 2. The number of nitrogens with zero attached hydrogens (tertiary/aromatic N) is 1. The number of nitro benzene ring substituents is 1. The van der Waals surface area contributed by atoms with Gasteiger partial charge in [-0.3, -0.25) is 10.1 Å². The first kappa shape index (κ1) is 15.3. The highest BCUT2D eigenvalue weighted by atomic mass is 35.5. The van der Waals surface area contributed by atoms with Crippen molar-refractivity contribution in [2.24, 2.45) is 5.73 Å². The van der Waals surface area contributed by atoms with Crippen molar-refractivity contribution in [3.05, 3.63) is 63.2 Å². The summed E-state index contributed by atoms with van der Waals surface area (Å²) in [4.78, 5) is 10.3. The Balaban J connectivity index is 2.22. The third-order valence-corrected chi connectivity index (χ3v) is 3.41. The molecule has 110 valence electrons.